The maximum Gasteiger partial charge on any atom is 0.330 e. The van der Waals surface area contributed by atoms with Crippen LogP contribution in [-0.2, 0) is 9.53 Å². The number of ether oxygens (including phenoxy) is 1. The fourth-order valence-corrected chi connectivity index (χ4v) is 0.740. The first-order valence-corrected chi connectivity index (χ1v) is 3.79. The highest BCUT2D eigenvalue weighted by Crippen LogP contribution is 2.07. The van der Waals surface area contributed by atoms with Crippen LogP contribution in [0.4, 0.5) is 4.39 Å². The molecule has 0 rings (SSSR count). The molecule has 0 aliphatic rings. The minimum atomic E-state index is -0.594. The summed E-state index contributed by atoms with van der Waals surface area (Å²) in [6.07, 6.45) is 1.04. The van der Waals surface area contributed by atoms with Crippen LogP contribution in [0.5, 0.6) is 0 Å². The second kappa shape index (κ2) is 5.48. The van der Waals surface area contributed by atoms with E-state index in [0.717, 1.165) is 6.08 Å². The first-order valence-electron chi connectivity index (χ1n) is 3.79. The molecule has 0 bridgehead atoms. The Morgan fingerprint density at radius 3 is 2.54 bits per heavy atom. The molecule has 0 aromatic rings. The molecule has 0 aliphatic carbocycles. The van der Waals surface area contributed by atoms with Crippen LogP contribution in [0, 0.1) is 0 Å². The Hall–Kier alpha value is -1.16. The van der Waals surface area contributed by atoms with Crippen LogP contribution in [0.1, 0.15) is 0 Å². The zero-order valence-electron chi connectivity index (χ0n) is 7.92. The first-order chi connectivity index (χ1) is 5.99. The van der Waals surface area contributed by atoms with Gasteiger partial charge in [-0.1, -0.05) is 13.2 Å². The Kier molecular flexibility index (Phi) is 4.99. The molecule has 3 nitrogen and oxygen atoms in total. The number of likely N-dealkylation sites (N-methyl/N-ethyl adjacent to an activating group) is 1. The number of esters is 1. The minimum absolute atomic E-state index is 0.0484. The average molecular weight is 187 g/mol. The third-order valence-electron chi connectivity index (χ3n) is 1.54. The van der Waals surface area contributed by atoms with Gasteiger partial charge in [0.25, 0.3) is 0 Å². The van der Waals surface area contributed by atoms with Crippen LogP contribution in [0.25, 0.3) is 0 Å². The molecule has 0 N–H and O–H groups in total. The summed E-state index contributed by atoms with van der Waals surface area (Å²) < 4.78 is 17.4. The Labute approximate surface area is 77.5 Å². The van der Waals surface area contributed by atoms with Crippen molar-refractivity contribution in [3.05, 3.63) is 25.1 Å². The predicted octanol–water partition coefficient (Wildman–Crippen LogP) is 1.13. The molecule has 0 aliphatic heterocycles. The Morgan fingerprint density at radius 2 is 2.23 bits per heavy atom. The Bertz CT molecular complexity index is 214. The smallest absolute Gasteiger partial charge is 0.330 e. The van der Waals surface area contributed by atoms with E-state index in [2.05, 4.69) is 17.9 Å². The van der Waals surface area contributed by atoms with Crippen LogP contribution < -0.4 is 0 Å². The zero-order valence-corrected chi connectivity index (χ0v) is 7.92. The largest absolute Gasteiger partial charge is 0.460 e. The third kappa shape index (κ3) is 4.42. The highest BCUT2D eigenvalue weighted by atomic mass is 19.1. The van der Waals surface area contributed by atoms with Gasteiger partial charge in [0.15, 0.2) is 0 Å². The van der Waals surface area contributed by atoms with E-state index < -0.39 is 17.8 Å². The van der Waals surface area contributed by atoms with Crippen molar-refractivity contribution in [1.29, 1.82) is 0 Å². The van der Waals surface area contributed by atoms with Crippen molar-refractivity contribution >= 4 is 5.97 Å². The van der Waals surface area contributed by atoms with E-state index in [1.54, 1.807) is 19.0 Å². The molecule has 1 atom stereocenters. The zero-order chi connectivity index (χ0) is 10.4. The number of hydrogen-bond acceptors (Lipinski definition) is 3. The lowest BCUT2D eigenvalue weighted by Gasteiger charge is -2.21. The van der Waals surface area contributed by atoms with Crippen molar-refractivity contribution in [2.75, 3.05) is 20.7 Å². The number of halogens is 1. The molecule has 0 spiro atoms. The molecule has 0 aromatic heterocycles. The van der Waals surface area contributed by atoms with Gasteiger partial charge in [-0.2, -0.15) is 0 Å². The van der Waals surface area contributed by atoms with Crippen molar-refractivity contribution in [2.24, 2.45) is 0 Å². The quantitative estimate of drug-likeness (QED) is 0.477. The molecule has 0 fully saturated rings. The van der Waals surface area contributed by atoms with E-state index >= 15 is 0 Å². The van der Waals surface area contributed by atoms with E-state index in [-0.39, 0.29) is 6.61 Å². The molecule has 0 radical (unpaired) electrons. The lowest BCUT2D eigenvalue weighted by molar-refractivity contribution is -0.138. The summed E-state index contributed by atoms with van der Waals surface area (Å²) in [4.78, 5) is 12.2. The molecule has 74 valence electrons. The minimum Gasteiger partial charge on any atom is -0.460 e. The van der Waals surface area contributed by atoms with Gasteiger partial charge >= 0.3 is 5.97 Å². The molecule has 0 aromatic carbocycles. The summed E-state index contributed by atoms with van der Waals surface area (Å²) in [5.74, 6) is -1.09. The maximum atomic E-state index is 12.7. The molecule has 0 saturated heterocycles. The molecule has 13 heavy (non-hydrogen) atoms. The van der Waals surface area contributed by atoms with Gasteiger partial charge in [-0.25, -0.2) is 9.18 Å². The van der Waals surface area contributed by atoms with E-state index in [1.165, 1.54) is 0 Å². The number of carbonyl (C=O) groups excluding carboxylic acids is 1. The Morgan fingerprint density at radius 1 is 1.69 bits per heavy atom. The maximum absolute atomic E-state index is 12.7. The van der Waals surface area contributed by atoms with Crippen LogP contribution in [0.3, 0.4) is 0 Å². The summed E-state index contributed by atoms with van der Waals surface area (Å²) in [7, 11) is 3.36. The molecular weight excluding hydrogens is 173 g/mol. The van der Waals surface area contributed by atoms with Gasteiger partial charge < -0.3 is 4.74 Å². The third-order valence-corrected chi connectivity index (χ3v) is 1.54. The van der Waals surface area contributed by atoms with Crippen LogP contribution in [0.2, 0.25) is 0 Å². The second-order valence-electron chi connectivity index (χ2n) is 2.76. The monoisotopic (exact) mass is 187 g/mol. The van der Waals surface area contributed by atoms with E-state index in [4.69, 9.17) is 0 Å². The van der Waals surface area contributed by atoms with Gasteiger partial charge in [0, 0.05) is 6.08 Å². The molecule has 0 heterocycles. The highest BCUT2D eigenvalue weighted by Gasteiger charge is 2.16. The number of carbonyl (C=O) groups is 1. The fourth-order valence-electron chi connectivity index (χ4n) is 0.740. The summed E-state index contributed by atoms with van der Waals surface area (Å²) >= 11 is 0. The number of nitrogens with zero attached hydrogens (tertiary/aromatic N) is 1. The van der Waals surface area contributed by atoms with Crippen LogP contribution in [0.15, 0.2) is 25.1 Å². The van der Waals surface area contributed by atoms with Gasteiger partial charge in [0.05, 0.1) is 6.04 Å². The molecule has 0 saturated carbocycles. The van der Waals surface area contributed by atoms with Crippen molar-refractivity contribution in [3.8, 4) is 0 Å². The van der Waals surface area contributed by atoms with Crippen LogP contribution >= 0.6 is 0 Å². The average Bonchev–Trinajstić information content (AvgIpc) is 2.03. The summed E-state index contributed by atoms with van der Waals surface area (Å²) in [5, 5.41) is 0. The van der Waals surface area contributed by atoms with Crippen molar-refractivity contribution in [2.45, 2.75) is 6.04 Å². The van der Waals surface area contributed by atoms with Gasteiger partial charge in [-0.3, -0.25) is 4.90 Å². The van der Waals surface area contributed by atoms with E-state index in [9.17, 15) is 9.18 Å². The predicted molar refractivity (Wildman–Crippen MR) is 48.9 cm³/mol. The van der Waals surface area contributed by atoms with Crippen molar-refractivity contribution < 1.29 is 13.9 Å². The number of rotatable bonds is 5. The SMILES string of the molecule is C=CC(=O)OCC(C(=C)F)N(C)C. The van der Waals surface area contributed by atoms with Gasteiger partial charge in [0.1, 0.15) is 12.4 Å². The summed E-state index contributed by atoms with van der Waals surface area (Å²) in [6, 6.07) is -0.594. The fraction of sp³-hybridized carbons (Fsp3) is 0.444. The normalized spacial score (nSPS) is 12.3. The lowest BCUT2D eigenvalue weighted by atomic mass is 10.3. The van der Waals surface area contributed by atoms with E-state index in [0.29, 0.717) is 0 Å². The molecule has 4 heteroatoms. The van der Waals surface area contributed by atoms with Crippen LogP contribution in [-0.4, -0.2) is 37.6 Å². The van der Waals surface area contributed by atoms with Gasteiger partial charge in [-0.15, -0.1) is 0 Å². The lowest BCUT2D eigenvalue weighted by Crippen LogP contribution is -2.33. The standard InChI is InChI=1S/C9H14FNO2/c1-5-9(12)13-6-8(7(2)10)11(3)4/h5,8H,1-2,6H2,3-4H3. The first kappa shape index (κ1) is 11.8. The highest BCUT2D eigenvalue weighted by molar-refractivity contribution is 5.81. The van der Waals surface area contributed by atoms with Gasteiger partial charge in [0.2, 0.25) is 0 Å². The summed E-state index contributed by atoms with van der Waals surface area (Å²) in [6.45, 7) is 6.33. The second-order valence-corrected chi connectivity index (χ2v) is 2.76. The molecule has 1 unspecified atom stereocenters. The summed E-state index contributed by atoms with van der Waals surface area (Å²) in [5.41, 5.74) is 0. The Balaban J connectivity index is 4.04. The van der Waals surface area contributed by atoms with Crippen molar-refractivity contribution in [1.82, 2.24) is 4.90 Å². The molecular formula is C9H14FNO2. The van der Waals surface area contributed by atoms with Crippen molar-refractivity contribution in [3.63, 3.8) is 0 Å². The number of hydrogen-bond donors (Lipinski definition) is 0. The van der Waals surface area contributed by atoms with Gasteiger partial charge in [-0.05, 0) is 14.1 Å². The molecule has 0 amide bonds. The topological polar surface area (TPSA) is 29.5 Å². The van der Waals surface area contributed by atoms with E-state index in [1.807, 2.05) is 0 Å².